The van der Waals surface area contributed by atoms with Gasteiger partial charge >= 0.3 is 0 Å². The van der Waals surface area contributed by atoms with Crippen LogP contribution in [0, 0.1) is 0 Å². The minimum Gasteiger partial charge on any atom is -0.389 e. The molecule has 1 rings (SSSR count). The molecule has 0 atom stereocenters. The maximum atomic E-state index is 5.55. The molecule has 3 N–H and O–H groups in total. The quantitative estimate of drug-likeness (QED) is 0.548. The van der Waals surface area contributed by atoms with Crippen LogP contribution in [0.2, 0.25) is 0 Å². The van der Waals surface area contributed by atoms with Crippen molar-refractivity contribution >= 4 is 23.0 Å². The molecule has 0 saturated carbocycles. The van der Waals surface area contributed by atoms with Gasteiger partial charge in [-0.25, -0.2) is 4.98 Å². The molecule has 0 radical (unpaired) electrons. The minimum absolute atomic E-state index is 0.390. The molecule has 0 fully saturated rings. The van der Waals surface area contributed by atoms with Crippen molar-refractivity contribution in [1.82, 2.24) is 4.98 Å². The Morgan fingerprint density at radius 3 is 3.06 bits per heavy atom. The molecular weight excluding hydrogens is 234 g/mol. The highest BCUT2D eigenvalue weighted by molar-refractivity contribution is 7.80. The summed E-state index contributed by atoms with van der Waals surface area (Å²) >= 11 is 4.91. The van der Waals surface area contributed by atoms with Crippen LogP contribution in [0.25, 0.3) is 0 Å². The Kier molecular flexibility index (Phi) is 6.50. The van der Waals surface area contributed by atoms with Gasteiger partial charge in [-0.1, -0.05) is 19.1 Å². The summed E-state index contributed by atoms with van der Waals surface area (Å²) in [5.41, 5.74) is 6.38. The van der Waals surface area contributed by atoms with Crippen LogP contribution in [0.1, 0.15) is 25.3 Å². The number of hydrogen-bond acceptors (Lipinski definition) is 4. The third kappa shape index (κ3) is 5.60. The summed E-state index contributed by atoms with van der Waals surface area (Å²) in [5, 5.41) is 3.21. The van der Waals surface area contributed by atoms with Crippen LogP contribution >= 0.6 is 12.2 Å². The van der Waals surface area contributed by atoms with Gasteiger partial charge in [0.2, 0.25) is 0 Å². The van der Waals surface area contributed by atoms with E-state index in [2.05, 4.69) is 17.2 Å². The Balaban J connectivity index is 2.27. The van der Waals surface area contributed by atoms with Gasteiger partial charge in [0.25, 0.3) is 0 Å². The van der Waals surface area contributed by atoms with Crippen molar-refractivity contribution in [3.8, 4) is 0 Å². The maximum absolute atomic E-state index is 5.55. The molecule has 0 aliphatic carbocycles. The normalized spacial score (nSPS) is 10.2. The summed E-state index contributed by atoms with van der Waals surface area (Å²) in [4.78, 5) is 4.58. The number of thiocarbonyl (C=S) groups is 1. The highest BCUT2D eigenvalue weighted by Crippen LogP contribution is 2.06. The van der Waals surface area contributed by atoms with Crippen molar-refractivity contribution in [2.75, 3.05) is 25.1 Å². The molecule has 1 aromatic heterocycles. The van der Waals surface area contributed by atoms with Crippen molar-refractivity contribution in [2.45, 2.75) is 19.8 Å². The Morgan fingerprint density at radius 2 is 2.35 bits per heavy atom. The molecule has 5 heteroatoms. The zero-order valence-corrected chi connectivity index (χ0v) is 10.9. The number of nitrogens with zero attached hydrogens (tertiary/aromatic N) is 1. The third-order valence-corrected chi connectivity index (χ3v) is 2.40. The average molecular weight is 253 g/mol. The number of nitrogens with two attached hydrogens (primary N) is 1. The molecule has 0 aromatic carbocycles. The minimum atomic E-state index is 0.390. The first kappa shape index (κ1) is 13.9. The van der Waals surface area contributed by atoms with Gasteiger partial charge in [-0.2, -0.15) is 0 Å². The van der Waals surface area contributed by atoms with E-state index in [-0.39, 0.29) is 0 Å². The summed E-state index contributed by atoms with van der Waals surface area (Å²) in [6, 6.07) is 3.66. The van der Waals surface area contributed by atoms with E-state index in [0.717, 1.165) is 44.0 Å². The van der Waals surface area contributed by atoms with Crippen molar-refractivity contribution in [3.63, 3.8) is 0 Å². The van der Waals surface area contributed by atoms with Crippen LogP contribution in [0.3, 0.4) is 0 Å². The number of ether oxygens (including phenoxy) is 1. The third-order valence-electron chi connectivity index (χ3n) is 2.16. The number of rotatable bonds is 8. The Morgan fingerprint density at radius 1 is 1.53 bits per heavy atom. The Labute approximate surface area is 108 Å². The zero-order chi connectivity index (χ0) is 12.5. The highest BCUT2D eigenvalue weighted by atomic mass is 32.1. The van der Waals surface area contributed by atoms with Gasteiger partial charge in [-0.3, -0.25) is 0 Å². The van der Waals surface area contributed by atoms with Gasteiger partial charge < -0.3 is 15.8 Å². The van der Waals surface area contributed by atoms with Gasteiger partial charge in [0, 0.05) is 31.5 Å². The first-order valence-electron chi connectivity index (χ1n) is 5.81. The van der Waals surface area contributed by atoms with Crippen molar-refractivity contribution < 1.29 is 4.74 Å². The van der Waals surface area contributed by atoms with Gasteiger partial charge in [-0.05, 0) is 25.0 Å². The Hall–Kier alpha value is -1.20. The van der Waals surface area contributed by atoms with Crippen molar-refractivity contribution in [2.24, 2.45) is 5.73 Å². The predicted molar refractivity (Wildman–Crippen MR) is 74.3 cm³/mol. The fourth-order valence-corrected chi connectivity index (χ4v) is 1.44. The zero-order valence-electron chi connectivity index (χ0n) is 10.1. The summed E-state index contributed by atoms with van der Waals surface area (Å²) in [6.45, 7) is 4.53. The van der Waals surface area contributed by atoms with Crippen LogP contribution in [-0.2, 0) is 4.74 Å². The van der Waals surface area contributed by atoms with Crippen LogP contribution in [0.15, 0.2) is 18.3 Å². The molecule has 0 unspecified atom stereocenters. The summed E-state index contributed by atoms with van der Waals surface area (Å²) < 4.78 is 5.38. The largest absolute Gasteiger partial charge is 0.389 e. The summed E-state index contributed by atoms with van der Waals surface area (Å²) in [5.74, 6) is 0.797. The van der Waals surface area contributed by atoms with Gasteiger partial charge in [0.1, 0.15) is 10.8 Å². The van der Waals surface area contributed by atoms with Crippen LogP contribution < -0.4 is 11.1 Å². The topological polar surface area (TPSA) is 60.2 Å². The SMILES string of the molecule is CCCOCCCNc1cc(C(N)=S)ccn1. The molecule has 94 valence electrons. The molecular formula is C12H19N3OS. The second kappa shape index (κ2) is 7.97. The lowest BCUT2D eigenvalue weighted by Gasteiger charge is -2.07. The van der Waals surface area contributed by atoms with E-state index in [9.17, 15) is 0 Å². The van der Waals surface area contributed by atoms with Crippen LogP contribution in [-0.4, -0.2) is 29.7 Å². The first-order valence-corrected chi connectivity index (χ1v) is 6.22. The smallest absolute Gasteiger partial charge is 0.126 e. The maximum Gasteiger partial charge on any atom is 0.126 e. The van der Waals surface area contributed by atoms with Crippen molar-refractivity contribution in [1.29, 1.82) is 0 Å². The van der Waals surface area contributed by atoms with E-state index in [1.54, 1.807) is 12.3 Å². The molecule has 0 aliphatic rings. The molecule has 1 heterocycles. The van der Waals surface area contributed by atoms with Crippen LogP contribution in [0.4, 0.5) is 5.82 Å². The number of pyridine rings is 1. The van der Waals surface area contributed by atoms with Gasteiger partial charge in [0.05, 0.1) is 0 Å². The second-order valence-electron chi connectivity index (χ2n) is 3.69. The number of nitrogens with one attached hydrogen (secondary N) is 1. The van der Waals surface area contributed by atoms with E-state index in [1.807, 2.05) is 6.07 Å². The predicted octanol–water partition coefficient (Wildman–Crippen LogP) is 1.94. The summed E-state index contributed by atoms with van der Waals surface area (Å²) in [6.07, 6.45) is 3.72. The molecule has 0 saturated heterocycles. The van der Waals surface area contributed by atoms with Crippen LogP contribution in [0.5, 0.6) is 0 Å². The average Bonchev–Trinajstić information content (AvgIpc) is 2.34. The first-order chi connectivity index (χ1) is 8.24. The lowest BCUT2D eigenvalue weighted by Crippen LogP contribution is -2.11. The standard InChI is InChI=1S/C12H19N3OS/c1-2-7-16-8-3-5-14-11-9-10(12(13)17)4-6-15-11/h4,6,9H,2-3,5,7-8H2,1H3,(H2,13,17)(H,14,15). The van der Waals surface area contributed by atoms with Crippen molar-refractivity contribution in [3.05, 3.63) is 23.9 Å². The molecule has 4 nitrogen and oxygen atoms in total. The fraction of sp³-hybridized carbons (Fsp3) is 0.500. The highest BCUT2D eigenvalue weighted by Gasteiger charge is 1.98. The number of hydrogen-bond donors (Lipinski definition) is 2. The lowest BCUT2D eigenvalue weighted by atomic mass is 10.2. The molecule has 1 aromatic rings. The Bertz CT molecular complexity index is 357. The fourth-order valence-electron chi connectivity index (χ4n) is 1.32. The molecule has 0 amide bonds. The van der Waals surface area contributed by atoms with Gasteiger partial charge in [-0.15, -0.1) is 0 Å². The molecule has 0 bridgehead atoms. The van der Waals surface area contributed by atoms with E-state index in [4.69, 9.17) is 22.7 Å². The molecule has 17 heavy (non-hydrogen) atoms. The lowest BCUT2D eigenvalue weighted by molar-refractivity contribution is 0.134. The van der Waals surface area contributed by atoms with Gasteiger partial charge in [0.15, 0.2) is 0 Å². The summed E-state index contributed by atoms with van der Waals surface area (Å²) in [7, 11) is 0. The van der Waals surface area contributed by atoms with E-state index in [0.29, 0.717) is 4.99 Å². The van der Waals surface area contributed by atoms with E-state index >= 15 is 0 Å². The number of aromatic nitrogens is 1. The van der Waals surface area contributed by atoms with E-state index in [1.165, 1.54) is 0 Å². The second-order valence-corrected chi connectivity index (χ2v) is 4.13. The number of anilines is 1. The monoisotopic (exact) mass is 253 g/mol. The molecule has 0 spiro atoms. The molecule has 0 aliphatic heterocycles. The van der Waals surface area contributed by atoms with E-state index < -0.39 is 0 Å².